The van der Waals surface area contributed by atoms with Crippen LogP contribution in [0.4, 0.5) is 4.39 Å². The Kier molecular flexibility index (Phi) is 5.99. The largest absolute Gasteiger partial charge is 0.292 e. The molecule has 2 nitrogen and oxygen atoms in total. The van der Waals surface area contributed by atoms with Crippen molar-refractivity contribution in [2.24, 2.45) is 0 Å². The molecule has 8 rings (SSSR count). The maximum absolute atomic E-state index is 13.6. The third-order valence-corrected chi connectivity index (χ3v) is 9.44. The van der Waals surface area contributed by atoms with Gasteiger partial charge in [0.2, 0.25) is 0 Å². The Morgan fingerprint density at radius 3 is 1.86 bits per heavy atom. The second kappa shape index (κ2) is 10.0. The first-order chi connectivity index (χ1) is 21.0. The van der Waals surface area contributed by atoms with E-state index in [1.54, 1.807) is 11.3 Å². The highest BCUT2D eigenvalue weighted by molar-refractivity contribution is 7.25. The van der Waals surface area contributed by atoms with Gasteiger partial charge in [0.05, 0.1) is 16.7 Å². The molecule has 0 aliphatic heterocycles. The number of aromatic nitrogens is 2. The van der Waals surface area contributed by atoms with Gasteiger partial charge in [0.1, 0.15) is 11.6 Å². The first kappa shape index (κ1) is 25.6. The van der Waals surface area contributed by atoms with Crippen LogP contribution in [-0.4, -0.2) is 9.55 Å². The highest BCUT2D eigenvalue weighted by Crippen LogP contribution is 2.40. The molecule has 8 aromatic rings. The van der Waals surface area contributed by atoms with Gasteiger partial charge in [-0.15, -0.1) is 11.3 Å². The van der Waals surface area contributed by atoms with Gasteiger partial charge in [0.25, 0.3) is 0 Å². The molecule has 0 bridgehead atoms. The molecule has 0 spiro atoms. The number of hydrogen-bond acceptors (Lipinski definition) is 2. The second-order valence-electron chi connectivity index (χ2n) is 11.1. The zero-order valence-corrected chi connectivity index (χ0v) is 24.6. The van der Waals surface area contributed by atoms with E-state index in [2.05, 4.69) is 115 Å². The summed E-state index contributed by atoms with van der Waals surface area (Å²) in [6.07, 6.45) is 0. The predicted octanol–water partition coefficient (Wildman–Crippen LogP) is 11.2. The first-order valence-electron chi connectivity index (χ1n) is 14.4. The van der Waals surface area contributed by atoms with Crippen molar-refractivity contribution in [2.75, 3.05) is 0 Å². The summed E-state index contributed by atoms with van der Waals surface area (Å²) in [6.45, 7) is 4.39. The number of rotatable bonds is 4. The summed E-state index contributed by atoms with van der Waals surface area (Å²) in [5.74, 6) is 0.703. The zero-order valence-electron chi connectivity index (χ0n) is 23.8. The predicted molar refractivity (Wildman–Crippen MR) is 180 cm³/mol. The average molecular weight is 575 g/mol. The number of halogens is 1. The molecule has 0 atom stereocenters. The molecule has 0 unspecified atom stereocenters. The number of thiophene rings is 1. The molecule has 0 aliphatic rings. The van der Waals surface area contributed by atoms with E-state index >= 15 is 0 Å². The maximum atomic E-state index is 13.6. The summed E-state index contributed by atoms with van der Waals surface area (Å²) < 4.78 is 18.4. The molecule has 0 saturated carbocycles. The van der Waals surface area contributed by atoms with Crippen molar-refractivity contribution in [1.82, 2.24) is 9.55 Å². The van der Waals surface area contributed by atoms with Crippen LogP contribution in [0.2, 0.25) is 0 Å². The van der Waals surface area contributed by atoms with Gasteiger partial charge in [-0.2, -0.15) is 0 Å². The lowest BCUT2D eigenvalue weighted by molar-refractivity contribution is 0.628. The summed E-state index contributed by atoms with van der Waals surface area (Å²) in [6, 6.07) is 43.4. The van der Waals surface area contributed by atoms with E-state index in [4.69, 9.17) is 4.98 Å². The summed E-state index contributed by atoms with van der Waals surface area (Å²) >= 11 is 1.79. The molecule has 4 heteroatoms. The van der Waals surface area contributed by atoms with Crippen LogP contribution < -0.4 is 0 Å². The number of imidazole rings is 1. The Labute approximate surface area is 253 Å². The molecule has 0 saturated heterocycles. The van der Waals surface area contributed by atoms with Gasteiger partial charge in [-0.1, -0.05) is 60.7 Å². The number of benzene rings is 6. The molecule has 0 amide bonds. The van der Waals surface area contributed by atoms with Gasteiger partial charge in [0.15, 0.2) is 0 Å². The van der Waals surface area contributed by atoms with Crippen LogP contribution in [0.15, 0.2) is 127 Å². The molecule has 0 radical (unpaired) electrons. The smallest absolute Gasteiger partial charge is 0.145 e. The van der Waals surface area contributed by atoms with E-state index in [0.29, 0.717) is 0 Å². The zero-order chi connectivity index (χ0) is 29.1. The van der Waals surface area contributed by atoms with E-state index in [1.807, 2.05) is 18.2 Å². The highest BCUT2D eigenvalue weighted by Gasteiger charge is 2.19. The Morgan fingerprint density at radius 1 is 0.558 bits per heavy atom. The van der Waals surface area contributed by atoms with Crippen molar-refractivity contribution >= 4 is 42.5 Å². The van der Waals surface area contributed by atoms with Crippen LogP contribution in [0.25, 0.3) is 70.5 Å². The minimum Gasteiger partial charge on any atom is -0.292 e. The number of aryl methyl sites for hydroxylation is 2. The summed E-state index contributed by atoms with van der Waals surface area (Å²) in [4.78, 5) is 5.20. The van der Waals surface area contributed by atoms with Crippen molar-refractivity contribution in [3.8, 4) is 39.3 Å². The van der Waals surface area contributed by atoms with E-state index in [1.165, 1.54) is 54.6 Å². The van der Waals surface area contributed by atoms with Crippen molar-refractivity contribution in [1.29, 1.82) is 0 Å². The van der Waals surface area contributed by atoms with Crippen molar-refractivity contribution < 1.29 is 4.39 Å². The molecule has 6 aromatic carbocycles. The minimum atomic E-state index is -0.224. The van der Waals surface area contributed by atoms with E-state index in [-0.39, 0.29) is 5.82 Å². The number of hydrogen-bond donors (Lipinski definition) is 0. The van der Waals surface area contributed by atoms with Crippen LogP contribution in [0.1, 0.15) is 11.1 Å². The summed E-state index contributed by atoms with van der Waals surface area (Å²) in [5, 5.41) is 2.40. The standard InChI is InChI=1S/C39H27FN2S/c1-24-20-30(26-8-4-3-5-9-26)21-25(2)38(24)42-35-11-7-6-10-34(35)41-39(42)29-15-19-37-33(23-29)32-22-28(14-18-36(32)43-37)27-12-16-31(40)17-13-27/h3-23H,1-2H3. The Bertz CT molecular complexity index is 2290. The maximum Gasteiger partial charge on any atom is 0.145 e. The Hall–Kier alpha value is -5.06. The number of para-hydroxylation sites is 2. The minimum absolute atomic E-state index is 0.224. The second-order valence-corrected chi connectivity index (χ2v) is 12.2. The molecular weight excluding hydrogens is 548 g/mol. The third kappa shape index (κ3) is 4.34. The highest BCUT2D eigenvalue weighted by atomic mass is 32.1. The lowest BCUT2D eigenvalue weighted by Gasteiger charge is -2.17. The quantitative estimate of drug-likeness (QED) is 0.204. The van der Waals surface area contributed by atoms with Gasteiger partial charge in [-0.25, -0.2) is 9.37 Å². The monoisotopic (exact) mass is 574 g/mol. The Morgan fingerprint density at radius 2 is 1.14 bits per heavy atom. The molecule has 43 heavy (non-hydrogen) atoms. The molecule has 2 heterocycles. The molecule has 2 aromatic heterocycles. The topological polar surface area (TPSA) is 17.8 Å². The van der Waals surface area contributed by atoms with Crippen LogP contribution in [-0.2, 0) is 0 Å². The normalized spacial score (nSPS) is 11.6. The van der Waals surface area contributed by atoms with E-state index < -0.39 is 0 Å². The summed E-state index contributed by atoms with van der Waals surface area (Å²) in [7, 11) is 0. The lowest BCUT2D eigenvalue weighted by Crippen LogP contribution is -2.03. The van der Waals surface area contributed by atoms with Crippen LogP contribution in [0.3, 0.4) is 0 Å². The summed E-state index contributed by atoms with van der Waals surface area (Å²) in [5.41, 5.74) is 11.2. The average Bonchev–Trinajstić information content (AvgIpc) is 3.59. The third-order valence-electron chi connectivity index (χ3n) is 8.29. The molecule has 0 N–H and O–H groups in total. The van der Waals surface area contributed by atoms with Crippen molar-refractivity contribution in [3.63, 3.8) is 0 Å². The fourth-order valence-corrected chi connectivity index (χ4v) is 7.36. The van der Waals surface area contributed by atoms with Gasteiger partial charge in [-0.05, 0) is 114 Å². The van der Waals surface area contributed by atoms with Gasteiger partial charge < -0.3 is 0 Å². The van der Waals surface area contributed by atoms with Gasteiger partial charge >= 0.3 is 0 Å². The lowest BCUT2D eigenvalue weighted by atomic mass is 9.98. The van der Waals surface area contributed by atoms with Crippen LogP contribution >= 0.6 is 11.3 Å². The molecule has 0 fully saturated rings. The van der Waals surface area contributed by atoms with Gasteiger partial charge in [-0.3, -0.25) is 4.57 Å². The Balaban J connectivity index is 1.33. The number of nitrogens with zero attached hydrogens (tertiary/aromatic N) is 2. The molecular formula is C39H27FN2S. The van der Waals surface area contributed by atoms with E-state index in [0.717, 1.165) is 39.2 Å². The van der Waals surface area contributed by atoms with Crippen LogP contribution in [0.5, 0.6) is 0 Å². The van der Waals surface area contributed by atoms with Crippen LogP contribution in [0, 0.1) is 19.7 Å². The SMILES string of the molecule is Cc1cc(-c2ccccc2)cc(C)c1-n1c(-c2ccc3sc4ccc(-c5ccc(F)cc5)cc4c3c2)nc2ccccc21. The van der Waals surface area contributed by atoms with Crippen molar-refractivity contribution in [3.05, 3.63) is 144 Å². The van der Waals surface area contributed by atoms with E-state index in [9.17, 15) is 4.39 Å². The fraction of sp³-hybridized carbons (Fsp3) is 0.0513. The molecule has 206 valence electrons. The number of fused-ring (bicyclic) bond motifs is 4. The fourth-order valence-electron chi connectivity index (χ4n) is 6.29. The van der Waals surface area contributed by atoms with Crippen molar-refractivity contribution in [2.45, 2.75) is 13.8 Å². The first-order valence-corrected chi connectivity index (χ1v) is 15.2. The van der Waals surface area contributed by atoms with Gasteiger partial charge in [0, 0.05) is 25.7 Å². The molecule has 0 aliphatic carbocycles.